The van der Waals surface area contributed by atoms with Gasteiger partial charge in [0.2, 0.25) is 11.8 Å². The van der Waals surface area contributed by atoms with E-state index in [0.29, 0.717) is 12.1 Å². The molecule has 0 aliphatic carbocycles. The van der Waals surface area contributed by atoms with E-state index in [2.05, 4.69) is 30.5 Å². The van der Waals surface area contributed by atoms with E-state index in [0.717, 1.165) is 16.8 Å². The highest BCUT2D eigenvalue weighted by Crippen LogP contribution is 2.29. The number of aromatic nitrogens is 5. The molecule has 0 saturated heterocycles. The molecule has 1 atom stereocenters. The molecule has 2 amide bonds. The van der Waals surface area contributed by atoms with Gasteiger partial charge in [0.1, 0.15) is 23.2 Å². The Labute approximate surface area is 235 Å². The number of amides is 2. The van der Waals surface area contributed by atoms with Crippen molar-refractivity contribution in [1.29, 1.82) is 0 Å². The summed E-state index contributed by atoms with van der Waals surface area (Å²) in [6.45, 7) is 3.89. The summed E-state index contributed by atoms with van der Waals surface area (Å²) in [7, 11) is 1.69. The molecule has 0 saturated carbocycles. The van der Waals surface area contributed by atoms with E-state index in [-0.39, 0.29) is 41.4 Å². The summed E-state index contributed by atoms with van der Waals surface area (Å²) in [4.78, 5) is 39.7. The third-order valence-corrected chi connectivity index (χ3v) is 6.36. The van der Waals surface area contributed by atoms with Crippen molar-refractivity contribution in [2.75, 3.05) is 7.05 Å². The van der Waals surface area contributed by atoms with Gasteiger partial charge in [-0.05, 0) is 43.2 Å². The van der Waals surface area contributed by atoms with Crippen LogP contribution in [0.4, 0.5) is 4.79 Å². The Hall–Kier alpha value is -5.39. The summed E-state index contributed by atoms with van der Waals surface area (Å²) in [6.07, 6.45) is 3.62. The van der Waals surface area contributed by atoms with Gasteiger partial charge in [0, 0.05) is 37.5 Å². The molecule has 41 heavy (non-hydrogen) atoms. The molecule has 0 spiro atoms. The fourth-order valence-corrected chi connectivity index (χ4v) is 4.34. The Balaban J connectivity index is 1.50. The van der Waals surface area contributed by atoms with Gasteiger partial charge in [-0.2, -0.15) is 0 Å². The van der Waals surface area contributed by atoms with Crippen LogP contribution in [0, 0.1) is 6.92 Å². The average Bonchev–Trinajstić information content (AvgIpc) is 3.67. The first-order valence-corrected chi connectivity index (χ1v) is 12.7. The monoisotopic (exact) mass is 553 g/mol. The Kier molecular flexibility index (Phi) is 7.55. The third-order valence-electron chi connectivity index (χ3n) is 6.36. The zero-order valence-electron chi connectivity index (χ0n) is 22.6. The molecule has 4 aromatic heterocycles. The molecule has 0 fully saturated rings. The van der Waals surface area contributed by atoms with Gasteiger partial charge >= 0.3 is 6.09 Å². The van der Waals surface area contributed by atoms with E-state index >= 15 is 0 Å². The zero-order valence-corrected chi connectivity index (χ0v) is 22.6. The third kappa shape index (κ3) is 6.27. The van der Waals surface area contributed by atoms with Gasteiger partial charge in [-0.25, -0.2) is 14.8 Å². The topological polar surface area (TPSA) is 160 Å². The van der Waals surface area contributed by atoms with Gasteiger partial charge in [-0.3, -0.25) is 9.78 Å². The van der Waals surface area contributed by atoms with Gasteiger partial charge in [-0.15, -0.1) is 10.2 Å². The van der Waals surface area contributed by atoms with Crippen LogP contribution in [0.25, 0.3) is 23.2 Å². The maximum absolute atomic E-state index is 13.5. The highest BCUT2D eigenvalue weighted by Gasteiger charge is 2.35. The number of oxazole rings is 1. The standard InChI is InChI=1S/C29H27N7O5/c1-18-9-10-20(16-31-18)17-36(3)26(37)21-13-22(24-30-11-12-40-24)32-23(14-21)25-34-35-27(41-25)29(2,33-28(38)39)15-19-7-5-4-6-8-19/h4-14,16,33H,15,17H2,1-3H3,(H,38,39)/t29-/m1/s1. The summed E-state index contributed by atoms with van der Waals surface area (Å²) in [5.74, 6) is -0.0472. The summed E-state index contributed by atoms with van der Waals surface area (Å²) < 4.78 is 11.4. The molecule has 12 nitrogen and oxygen atoms in total. The van der Waals surface area contributed by atoms with Crippen molar-refractivity contribution in [2.45, 2.75) is 32.4 Å². The van der Waals surface area contributed by atoms with Crippen LogP contribution >= 0.6 is 0 Å². The van der Waals surface area contributed by atoms with Crippen LogP contribution in [0.1, 0.15) is 40.0 Å². The quantitative estimate of drug-likeness (QED) is 0.266. The summed E-state index contributed by atoms with van der Waals surface area (Å²) >= 11 is 0. The summed E-state index contributed by atoms with van der Waals surface area (Å²) in [5.41, 5.74) is 2.17. The number of hydrogen-bond donors (Lipinski definition) is 2. The lowest BCUT2D eigenvalue weighted by Crippen LogP contribution is -2.44. The first kappa shape index (κ1) is 27.2. The molecule has 208 valence electrons. The molecule has 5 aromatic rings. The van der Waals surface area contributed by atoms with Crippen LogP contribution in [0.15, 0.2) is 82.1 Å². The van der Waals surface area contributed by atoms with Crippen LogP contribution in [0.3, 0.4) is 0 Å². The number of nitrogens with one attached hydrogen (secondary N) is 1. The van der Waals surface area contributed by atoms with Crippen LogP contribution in [0.2, 0.25) is 0 Å². The van der Waals surface area contributed by atoms with Crippen molar-refractivity contribution in [3.8, 4) is 23.2 Å². The predicted octanol–water partition coefficient (Wildman–Crippen LogP) is 4.49. The summed E-state index contributed by atoms with van der Waals surface area (Å²) in [6, 6.07) is 16.3. The number of carbonyl (C=O) groups excluding carboxylic acids is 1. The second-order valence-corrected chi connectivity index (χ2v) is 9.77. The van der Waals surface area contributed by atoms with Crippen molar-refractivity contribution in [3.05, 3.63) is 102 Å². The minimum absolute atomic E-state index is 0.000630. The number of pyridine rings is 2. The van der Waals surface area contributed by atoms with Gasteiger partial charge in [-0.1, -0.05) is 36.4 Å². The minimum atomic E-state index is -1.24. The highest BCUT2D eigenvalue weighted by atomic mass is 16.4. The van der Waals surface area contributed by atoms with Gasteiger partial charge in [0.05, 0.1) is 6.20 Å². The molecule has 0 aliphatic heterocycles. The van der Waals surface area contributed by atoms with Crippen molar-refractivity contribution >= 4 is 12.0 Å². The number of nitrogens with zero attached hydrogens (tertiary/aromatic N) is 6. The Bertz CT molecular complexity index is 1650. The molecular formula is C29H27N7O5. The fraction of sp³-hybridized carbons (Fsp3) is 0.207. The number of benzene rings is 1. The number of aryl methyl sites for hydroxylation is 1. The normalized spacial score (nSPS) is 12.5. The van der Waals surface area contributed by atoms with Gasteiger partial charge in [0.25, 0.3) is 11.8 Å². The number of carbonyl (C=O) groups is 2. The maximum Gasteiger partial charge on any atom is 0.405 e. The van der Waals surface area contributed by atoms with E-state index in [1.54, 1.807) is 31.1 Å². The molecule has 5 rings (SSSR count). The lowest BCUT2D eigenvalue weighted by molar-refractivity contribution is 0.0785. The van der Waals surface area contributed by atoms with Crippen molar-refractivity contribution in [2.24, 2.45) is 0 Å². The second kappa shape index (κ2) is 11.4. The molecule has 0 bridgehead atoms. The van der Waals surface area contributed by atoms with E-state index in [1.165, 1.54) is 18.5 Å². The average molecular weight is 554 g/mol. The molecule has 0 aliphatic rings. The zero-order chi connectivity index (χ0) is 29.0. The summed E-state index contributed by atoms with van der Waals surface area (Å²) in [5, 5.41) is 20.3. The van der Waals surface area contributed by atoms with Crippen LogP contribution in [0.5, 0.6) is 0 Å². The van der Waals surface area contributed by atoms with Gasteiger partial charge in [0.15, 0.2) is 0 Å². The minimum Gasteiger partial charge on any atom is -0.465 e. The SMILES string of the molecule is Cc1ccc(CN(C)C(=O)c2cc(-c3ncco3)nc(-c3nnc([C@@](C)(Cc4ccccc4)NC(=O)O)o3)c2)cn1. The van der Waals surface area contributed by atoms with E-state index in [9.17, 15) is 14.7 Å². The lowest BCUT2D eigenvalue weighted by Gasteiger charge is -2.25. The molecule has 1 aromatic carbocycles. The highest BCUT2D eigenvalue weighted by molar-refractivity contribution is 5.95. The number of rotatable bonds is 9. The second-order valence-electron chi connectivity index (χ2n) is 9.77. The molecule has 12 heteroatoms. The van der Waals surface area contributed by atoms with Crippen molar-refractivity contribution < 1.29 is 23.5 Å². The number of hydrogen-bond acceptors (Lipinski definition) is 9. The Morgan fingerprint density at radius 3 is 2.41 bits per heavy atom. The lowest BCUT2D eigenvalue weighted by atomic mass is 9.93. The first-order chi connectivity index (χ1) is 19.7. The van der Waals surface area contributed by atoms with Crippen molar-refractivity contribution in [3.63, 3.8) is 0 Å². The molecule has 0 unspecified atom stereocenters. The van der Waals surface area contributed by atoms with Gasteiger partial charge < -0.3 is 24.2 Å². The van der Waals surface area contributed by atoms with E-state index in [4.69, 9.17) is 8.83 Å². The van der Waals surface area contributed by atoms with Crippen LogP contribution < -0.4 is 5.32 Å². The van der Waals surface area contributed by atoms with E-state index in [1.807, 2.05) is 49.4 Å². The van der Waals surface area contributed by atoms with Crippen molar-refractivity contribution in [1.82, 2.24) is 35.4 Å². The molecule has 0 radical (unpaired) electrons. The van der Waals surface area contributed by atoms with E-state index < -0.39 is 11.6 Å². The number of carboxylic acid groups (broad SMARTS) is 1. The largest absolute Gasteiger partial charge is 0.465 e. The molecule has 4 heterocycles. The Morgan fingerprint density at radius 2 is 1.76 bits per heavy atom. The predicted molar refractivity (Wildman–Crippen MR) is 146 cm³/mol. The molecule has 2 N–H and O–H groups in total. The van der Waals surface area contributed by atoms with Crippen LogP contribution in [-0.2, 0) is 18.5 Å². The maximum atomic E-state index is 13.5. The molecular weight excluding hydrogens is 526 g/mol. The first-order valence-electron chi connectivity index (χ1n) is 12.7. The smallest absolute Gasteiger partial charge is 0.405 e. The Morgan fingerprint density at radius 1 is 1.00 bits per heavy atom. The van der Waals surface area contributed by atoms with Crippen LogP contribution in [-0.4, -0.2) is 54.2 Å². The fourth-order valence-electron chi connectivity index (χ4n) is 4.34.